The van der Waals surface area contributed by atoms with E-state index < -0.39 is 0 Å². The highest BCUT2D eigenvalue weighted by molar-refractivity contribution is 5.33. The summed E-state index contributed by atoms with van der Waals surface area (Å²) >= 11 is 0. The van der Waals surface area contributed by atoms with Crippen molar-refractivity contribution in [3.8, 4) is 0 Å². The third kappa shape index (κ3) is 3.85. The Hall–Kier alpha value is -0.820. The minimum absolute atomic E-state index is 0.154. The first-order chi connectivity index (χ1) is 9.76. The lowest BCUT2D eigenvalue weighted by Gasteiger charge is -2.31. The van der Waals surface area contributed by atoms with E-state index in [4.69, 9.17) is 0 Å². The van der Waals surface area contributed by atoms with Crippen molar-refractivity contribution in [1.29, 1.82) is 0 Å². The largest absolute Gasteiger partial charge is 0.392 e. The molecule has 0 radical (unpaired) electrons. The number of unbranched alkanes of at least 4 members (excludes halogenated alkanes) is 1. The van der Waals surface area contributed by atoms with Crippen LogP contribution in [0.15, 0.2) is 24.3 Å². The highest BCUT2D eigenvalue weighted by Crippen LogP contribution is 2.36. The van der Waals surface area contributed by atoms with Crippen molar-refractivity contribution >= 4 is 0 Å². The molecule has 1 aliphatic carbocycles. The first kappa shape index (κ1) is 15.6. The van der Waals surface area contributed by atoms with E-state index >= 15 is 0 Å². The van der Waals surface area contributed by atoms with Crippen molar-refractivity contribution < 1.29 is 5.11 Å². The molecule has 3 unspecified atom stereocenters. The number of aliphatic hydroxyl groups is 1. The minimum Gasteiger partial charge on any atom is -0.392 e. The third-order valence-electron chi connectivity index (χ3n) is 5.00. The molecule has 0 fully saturated rings. The summed E-state index contributed by atoms with van der Waals surface area (Å²) in [5.41, 5.74) is 2.88. The molecular weight excluding hydrogens is 244 g/mol. The van der Waals surface area contributed by atoms with E-state index in [-0.39, 0.29) is 6.10 Å². The Morgan fingerprint density at radius 3 is 2.80 bits per heavy atom. The molecule has 20 heavy (non-hydrogen) atoms. The fraction of sp³-hybridized carbons (Fsp3) is 0.684. The van der Waals surface area contributed by atoms with Crippen molar-refractivity contribution in [2.45, 2.75) is 77.2 Å². The van der Waals surface area contributed by atoms with Crippen LogP contribution >= 0.6 is 0 Å². The van der Waals surface area contributed by atoms with E-state index in [0.717, 1.165) is 12.8 Å². The van der Waals surface area contributed by atoms with Gasteiger partial charge in [0.05, 0.1) is 6.10 Å². The Bertz CT molecular complexity index is 399. The molecule has 0 bridgehead atoms. The van der Waals surface area contributed by atoms with Crippen LogP contribution in [0.25, 0.3) is 0 Å². The van der Waals surface area contributed by atoms with Gasteiger partial charge in [0.25, 0.3) is 0 Å². The number of hydrogen-bond donors (Lipinski definition) is 1. The standard InChI is InChI=1S/C19H30O/c1-3-5-9-15(4-2)14-19(20)18-13-8-11-16-10-6-7-12-17(16)18/h6-7,10,12,15,18-20H,3-5,8-9,11,13-14H2,1-2H3. The molecular formula is C19H30O. The molecule has 0 aliphatic heterocycles. The van der Waals surface area contributed by atoms with E-state index in [1.807, 2.05) is 0 Å². The lowest BCUT2D eigenvalue weighted by atomic mass is 9.77. The van der Waals surface area contributed by atoms with Gasteiger partial charge in [-0.15, -0.1) is 0 Å². The number of fused-ring (bicyclic) bond motifs is 1. The lowest BCUT2D eigenvalue weighted by Crippen LogP contribution is -2.25. The molecule has 1 heteroatoms. The van der Waals surface area contributed by atoms with Gasteiger partial charge in [0.15, 0.2) is 0 Å². The molecule has 1 aliphatic rings. The van der Waals surface area contributed by atoms with Crippen molar-refractivity contribution in [2.24, 2.45) is 5.92 Å². The average molecular weight is 274 g/mol. The fourth-order valence-electron chi connectivity index (χ4n) is 3.68. The van der Waals surface area contributed by atoms with Gasteiger partial charge in [0.2, 0.25) is 0 Å². The summed E-state index contributed by atoms with van der Waals surface area (Å²) in [6, 6.07) is 8.72. The highest BCUT2D eigenvalue weighted by Gasteiger charge is 2.27. The summed E-state index contributed by atoms with van der Waals surface area (Å²) in [5.74, 6) is 1.06. The molecule has 3 atom stereocenters. The monoisotopic (exact) mass is 274 g/mol. The summed E-state index contributed by atoms with van der Waals surface area (Å²) in [6.45, 7) is 4.52. The van der Waals surface area contributed by atoms with Gasteiger partial charge in [-0.2, -0.15) is 0 Å². The number of benzene rings is 1. The Morgan fingerprint density at radius 2 is 2.05 bits per heavy atom. The zero-order valence-corrected chi connectivity index (χ0v) is 13.1. The molecule has 0 saturated carbocycles. The zero-order valence-electron chi connectivity index (χ0n) is 13.1. The molecule has 0 saturated heterocycles. The zero-order chi connectivity index (χ0) is 14.4. The molecule has 0 heterocycles. The van der Waals surface area contributed by atoms with Gasteiger partial charge in [0, 0.05) is 5.92 Å². The van der Waals surface area contributed by atoms with Gasteiger partial charge in [0.1, 0.15) is 0 Å². The van der Waals surface area contributed by atoms with Crippen molar-refractivity contribution in [3.05, 3.63) is 35.4 Å². The smallest absolute Gasteiger partial charge is 0.0611 e. The summed E-state index contributed by atoms with van der Waals surface area (Å²) in [7, 11) is 0. The average Bonchev–Trinajstić information content (AvgIpc) is 2.50. The highest BCUT2D eigenvalue weighted by atomic mass is 16.3. The van der Waals surface area contributed by atoms with Crippen molar-refractivity contribution in [3.63, 3.8) is 0 Å². The maximum Gasteiger partial charge on any atom is 0.0611 e. The maximum atomic E-state index is 10.7. The quantitative estimate of drug-likeness (QED) is 0.735. The molecule has 1 aromatic carbocycles. The summed E-state index contributed by atoms with van der Waals surface area (Å²) in [5, 5.41) is 10.7. The second kappa shape index (κ2) is 7.83. The first-order valence-corrected chi connectivity index (χ1v) is 8.52. The number of aliphatic hydroxyl groups excluding tert-OH is 1. The molecule has 1 aromatic rings. The van der Waals surface area contributed by atoms with Gasteiger partial charge < -0.3 is 5.11 Å². The van der Waals surface area contributed by atoms with Crippen molar-refractivity contribution in [1.82, 2.24) is 0 Å². The molecule has 0 amide bonds. The minimum atomic E-state index is -0.154. The molecule has 1 nitrogen and oxygen atoms in total. The summed E-state index contributed by atoms with van der Waals surface area (Å²) in [6.07, 6.45) is 9.43. The molecule has 112 valence electrons. The molecule has 2 rings (SSSR count). The SMILES string of the molecule is CCCCC(CC)CC(O)C1CCCc2ccccc21. The van der Waals surface area contributed by atoms with E-state index in [1.54, 1.807) is 0 Å². The Labute approximate surface area is 124 Å². The summed E-state index contributed by atoms with van der Waals surface area (Å²) < 4.78 is 0. The van der Waals surface area contributed by atoms with Crippen LogP contribution in [0.2, 0.25) is 0 Å². The number of aryl methyl sites for hydroxylation is 1. The molecule has 0 spiro atoms. The van der Waals surface area contributed by atoms with Gasteiger partial charge in [-0.25, -0.2) is 0 Å². The van der Waals surface area contributed by atoms with Crippen LogP contribution in [0.1, 0.15) is 75.8 Å². The first-order valence-electron chi connectivity index (χ1n) is 8.52. The number of hydrogen-bond acceptors (Lipinski definition) is 1. The van der Waals surface area contributed by atoms with Crippen LogP contribution in [0, 0.1) is 5.92 Å². The Balaban J connectivity index is 2.00. The van der Waals surface area contributed by atoms with Gasteiger partial charge in [-0.05, 0) is 42.7 Å². The second-order valence-corrected chi connectivity index (χ2v) is 6.42. The van der Waals surface area contributed by atoms with E-state index in [2.05, 4.69) is 38.1 Å². The van der Waals surface area contributed by atoms with Crippen LogP contribution in [0.4, 0.5) is 0 Å². The van der Waals surface area contributed by atoms with Crippen LogP contribution in [-0.2, 0) is 6.42 Å². The predicted octanol–water partition coefficient (Wildman–Crippen LogP) is 5.07. The van der Waals surface area contributed by atoms with Crippen LogP contribution < -0.4 is 0 Å². The Kier molecular flexibility index (Phi) is 6.09. The van der Waals surface area contributed by atoms with E-state index in [0.29, 0.717) is 11.8 Å². The van der Waals surface area contributed by atoms with E-state index in [9.17, 15) is 5.11 Å². The third-order valence-corrected chi connectivity index (χ3v) is 5.00. The second-order valence-electron chi connectivity index (χ2n) is 6.42. The molecule has 1 N–H and O–H groups in total. The van der Waals surface area contributed by atoms with Crippen LogP contribution in [0.5, 0.6) is 0 Å². The molecule has 0 aromatic heterocycles. The fourth-order valence-corrected chi connectivity index (χ4v) is 3.68. The lowest BCUT2D eigenvalue weighted by molar-refractivity contribution is 0.102. The van der Waals surface area contributed by atoms with E-state index in [1.165, 1.54) is 49.7 Å². The van der Waals surface area contributed by atoms with Gasteiger partial charge >= 0.3 is 0 Å². The summed E-state index contributed by atoms with van der Waals surface area (Å²) in [4.78, 5) is 0. The van der Waals surface area contributed by atoms with Gasteiger partial charge in [-0.3, -0.25) is 0 Å². The van der Waals surface area contributed by atoms with Crippen LogP contribution in [0.3, 0.4) is 0 Å². The van der Waals surface area contributed by atoms with Crippen LogP contribution in [-0.4, -0.2) is 11.2 Å². The van der Waals surface area contributed by atoms with Crippen molar-refractivity contribution in [2.75, 3.05) is 0 Å². The number of rotatable bonds is 7. The Morgan fingerprint density at radius 1 is 1.25 bits per heavy atom. The predicted molar refractivity (Wildman–Crippen MR) is 86.1 cm³/mol. The maximum absolute atomic E-state index is 10.7. The topological polar surface area (TPSA) is 20.2 Å². The van der Waals surface area contributed by atoms with Gasteiger partial charge in [-0.1, -0.05) is 63.8 Å². The normalized spacial score (nSPS) is 21.2.